The van der Waals surface area contributed by atoms with Gasteiger partial charge in [-0.2, -0.15) is 0 Å². The van der Waals surface area contributed by atoms with Crippen molar-refractivity contribution in [2.75, 3.05) is 16.8 Å². The number of hydrogen-bond acceptors (Lipinski definition) is 3. The third-order valence-electron chi connectivity index (χ3n) is 6.29. The molecule has 38 heavy (non-hydrogen) atoms. The number of nitrogens with one attached hydrogen (secondary N) is 3. The highest BCUT2D eigenvalue weighted by molar-refractivity contribution is 6.30. The molecule has 4 rings (SSSR count). The van der Waals surface area contributed by atoms with Crippen LogP contribution in [0.15, 0.2) is 72.8 Å². The summed E-state index contributed by atoms with van der Waals surface area (Å²) in [7, 11) is 0. The number of halogens is 1. The van der Waals surface area contributed by atoms with Crippen molar-refractivity contribution in [1.29, 1.82) is 0 Å². The molecular formula is C30H33ClN4O3. The molecule has 0 aromatic heterocycles. The second-order valence-electron chi connectivity index (χ2n) is 10.6. The van der Waals surface area contributed by atoms with Gasteiger partial charge in [0.15, 0.2) is 0 Å². The topological polar surface area (TPSA) is 90.5 Å². The Kier molecular flexibility index (Phi) is 8.07. The number of benzene rings is 3. The zero-order valence-electron chi connectivity index (χ0n) is 22.0. The fourth-order valence-electron chi connectivity index (χ4n) is 4.77. The van der Waals surface area contributed by atoms with Crippen molar-refractivity contribution < 1.29 is 14.4 Å². The summed E-state index contributed by atoms with van der Waals surface area (Å²) in [6, 6.07) is 21.1. The van der Waals surface area contributed by atoms with Gasteiger partial charge in [0.2, 0.25) is 11.8 Å². The summed E-state index contributed by atoms with van der Waals surface area (Å²) >= 11 is 6.33. The van der Waals surface area contributed by atoms with Crippen molar-refractivity contribution in [3.05, 3.63) is 94.5 Å². The first-order valence-corrected chi connectivity index (χ1v) is 13.0. The number of hydrogen-bond donors (Lipinski definition) is 3. The lowest BCUT2D eigenvalue weighted by Crippen LogP contribution is -2.53. The third kappa shape index (κ3) is 6.72. The molecule has 1 aliphatic rings. The summed E-state index contributed by atoms with van der Waals surface area (Å²) in [5.41, 5.74) is 3.61. The van der Waals surface area contributed by atoms with Crippen LogP contribution in [0.5, 0.6) is 0 Å². The van der Waals surface area contributed by atoms with E-state index in [1.165, 1.54) is 4.90 Å². The van der Waals surface area contributed by atoms with Gasteiger partial charge in [-0.25, -0.2) is 4.79 Å². The van der Waals surface area contributed by atoms with Crippen LogP contribution in [-0.4, -0.2) is 36.0 Å². The van der Waals surface area contributed by atoms with Crippen molar-refractivity contribution in [2.45, 2.75) is 51.6 Å². The van der Waals surface area contributed by atoms with Crippen LogP contribution in [0.3, 0.4) is 0 Å². The van der Waals surface area contributed by atoms with Gasteiger partial charge in [0.1, 0.15) is 12.6 Å². The average molecular weight is 533 g/mol. The van der Waals surface area contributed by atoms with Gasteiger partial charge in [0.25, 0.3) is 0 Å². The van der Waals surface area contributed by atoms with Gasteiger partial charge in [-0.15, -0.1) is 0 Å². The van der Waals surface area contributed by atoms with Crippen LogP contribution in [-0.2, 0) is 9.59 Å². The Labute approximate surface area is 228 Å². The maximum absolute atomic E-state index is 14.0. The molecule has 0 radical (unpaired) electrons. The lowest BCUT2D eigenvalue weighted by Gasteiger charge is -2.28. The SMILES string of the molecule is Cc1cccc(NC(=O)NC2CC(c3cccc(Cl)c3)c3ccccc3N(CC(=O)NC(C)(C)C)C2=O)c1. The van der Waals surface area contributed by atoms with Crippen molar-refractivity contribution in [1.82, 2.24) is 10.6 Å². The van der Waals surface area contributed by atoms with Crippen molar-refractivity contribution >= 4 is 40.8 Å². The van der Waals surface area contributed by atoms with Gasteiger partial charge in [-0.1, -0.05) is 54.1 Å². The predicted molar refractivity (Wildman–Crippen MR) is 152 cm³/mol. The third-order valence-corrected chi connectivity index (χ3v) is 6.52. The second-order valence-corrected chi connectivity index (χ2v) is 11.1. The minimum atomic E-state index is -0.890. The maximum atomic E-state index is 14.0. The van der Waals surface area contributed by atoms with E-state index in [0.29, 0.717) is 22.8 Å². The molecule has 0 saturated heterocycles. The van der Waals surface area contributed by atoms with Gasteiger partial charge in [0, 0.05) is 27.9 Å². The van der Waals surface area contributed by atoms with Crippen molar-refractivity contribution in [2.24, 2.45) is 0 Å². The number of amides is 4. The van der Waals surface area contributed by atoms with Crippen LogP contribution < -0.4 is 20.9 Å². The first-order valence-electron chi connectivity index (χ1n) is 12.6. The summed E-state index contributed by atoms with van der Waals surface area (Å²) in [4.78, 5) is 41.5. The highest BCUT2D eigenvalue weighted by Crippen LogP contribution is 2.39. The molecular weight excluding hydrogens is 500 g/mol. The fraction of sp³-hybridized carbons (Fsp3) is 0.300. The van der Waals surface area contributed by atoms with Gasteiger partial charge in [0.05, 0.1) is 0 Å². The maximum Gasteiger partial charge on any atom is 0.319 e. The summed E-state index contributed by atoms with van der Waals surface area (Å²) < 4.78 is 0. The van der Waals surface area contributed by atoms with E-state index in [-0.39, 0.29) is 24.3 Å². The average Bonchev–Trinajstić information content (AvgIpc) is 2.93. The van der Waals surface area contributed by atoms with Crippen LogP contribution in [0, 0.1) is 6.92 Å². The van der Waals surface area contributed by atoms with Crippen LogP contribution in [0.2, 0.25) is 5.02 Å². The Hall–Kier alpha value is -3.84. The van der Waals surface area contributed by atoms with E-state index in [9.17, 15) is 14.4 Å². The molecule has 3 N–H and O–H groups in total. The molecule has 8 heteroatoms. The van der Waals surface area contributed by atoms with Gasteiger partial charge in [-0.05, 0) is 81.1 Å². The number of nitrogens with zero attached hydrogens (tertiary/aromatic N) is 1. The first kappa shape index (κ1) is 27.2. The number of aryl methyl sites for hydroxylation is 1. The molecule has 1 aliphatic heterocycles. The molecule has 7 nitrogen and oxygen atoms in total. The molecule has 198 valence electrons. The van der Waals surface area contributed by atoms with E-state index in [1.807, 2.05) is 88.4 Å². The Morgan fingerprint density at radius 2 is 1.74 bits per heavy atom. The highest BCUT2D eigenvalue weighted by Gasteiger charge is 2.37. The van der Waals surface area contributed by atoms with Crippen LogP contribution in [0.1, 0.15) is 49.8 Å². The monoisotopic (exact) mass is 532 g/mol. The van der Waals surface area contributed by atoms with E-state index in [0.717, 1.165) is 16.7 Å². The molecule has 0 spiro atoms. The summed E-state index contributed by atoms with van der Waals surface area (Å²) in [6.07, 6.45) is 0.300. The quantitative estimate of drug-likeness (QED) is 0.398. The smallest absolute Gasteiger partial charge is 0.319 e. The van der Waals surface area contributed by atoms with Gasteiger partial charge in [-0.3, -0.25) is 9.59 Å². The number of urea groups is 1. The number of anilines is 2. The second kappa shape index (κ2) is 11.3. The molecule has 2 unspecified atom stereocenters. The van der Waals surface area contributed by atoms with Crippen LogP contribution in [0.4, 0.5) is 16.2 Å². The van der Waals surface area contributed by atoms with E-state index < -0.39 is 17.6 Å². The lowest BCUT2D eigenvalue weighted by molar-refractivity contribution is -0.125. The zero-order valence-corrected chi connectivity index (χ0v) is 22.8. The van der Waals surface area contributed by atoms with Crippen LogP contribution in [0.25, 0.3) is 0 Å². The Morgan fingerprint density at radius 1 is 1.00 bits per heavy atom. The number of para-hydroxylation sites is 1. The molecule has 0 fully saturated rings. The molecule has 3 aromatic rings. The minimum absolute atomic E-state index is 0.174. The highest BCUT2D eigenvalue weighted by atomic mass is 35.5. The van der Waals surface area contributed by atoms with E-state index in [2.05, 4.69) is 16.0 Å². The minimum Gasteiger partial charge on any atom is -0.350 e. The van der Waals surface area contributed by atoms with Crippen LogP contribution >= 0.6 is 11.6 Å². The molecule has 4 amide bonds. The molecule has 3 aromatic carbocycles. The lowest BCUT2D eigenvalue weighted by atomic mass is 9.86. The normalized spacial score (nSPS) is 17.3. The molecule has 1 heterocycles. The number of carbonyl (C=O) groups excluding carboxylic acids is 3. The Morgan fingerprint density at radius 3 is 2.45 bits per heavy atom. The summed E-state index contributed by atoms with van der Waals surface area (Å²) in [5.74, 6) is -0.885. The number of rotatable bonds is 5. The molecule has 2 atom stereocenters. The Balaban J connectivity index is 1.71. The summed E-state index contributed by atoms with van der Waals surface area (Å²) in [5, 5.41) is 9.21. The van der Waals surface area contributed by atoms with Crippen molar-refractivity contribution in [3.63, 3.8) is 0 Å². The van der Waals surface area contributed by atoms with Gasteiger partial charge >= 0.3 is 6.03 Å². The largest absolute Gasteiger partial charge is 0.350 e. The number of carbonyl (C=O) groups is 3. The van der Waals surface area contributed by atoms with Crippen molar-refractivity contribution in [3.8, 4) is 0 Å². The first-order chi connectivity index (χ1) is 18.0. The molecule has 0 aliphatic carbocycles. The predicted octanol–water partition coefficient (Wildman–Crippen LogP) is 5.62. The van der Waals surface area contributed by atoms with E-state index in [4.69, 9.17) is 11.6 Å². The standard InChI is InChI=1S/C30H33ClN4O3/c1-19-9-7-12-22(15-19)32-29(38)33-25-17-24(20-10-8-11-21(31)16-20)23-13-5-6-14-26(23)35(28(25)37)18-27(36)34-30(2,3)4/h5-16,24-25H,17-18H2,1-4H3,(H,34,36)(H2,32,33,38). The molecule has 0 bridgehead atoms. The van der Waals surface area contributed by atoms with Gasteiger partial charge < -0.3 is 20.9 Å². The zero-order chi connectivity index (χ0) is 27.4. The van der Waals surface area contributed by atoms with E-state index >= 15 is 0 Å². The fourth-order valence-corrected chi connectivity index (χ4v) is 4.97. The summed E-state index contributed by atoms with van der Waals surface area (Å²) in [6.45, 7) is 7.42. The Bertz CT molecular complexity index is 1350. The molecule has 0 saturated carbocycles. The number of fused-ring (bicyclic) bond motifs is 1. The van der Waals surface area contributed by atoms with E-state index in [1.54, 1.807) is 12.1 Å².